The summed E-state index contributed by atoms with van der Waals surface area (Å²) in [6.45, 7) is 4.84. The Labute approximate surface area is 72.0 Å². The second kappa shape index (κ2) is 8.32. The molecule has 0 rings (SSSR count). The molecule has 0 bridgehead atoms. The molecule has 0 aliphatic rings. The maximum Gasteiger partial charge on any atom is 0.0159 e. The molecule has 0 aliphatic carbocycles. The fourth-order valence-electron chi connectivity index (χ4n) is 0. The van der Waals surface area contributed by atoms with Gasteiger partial charge in [-0.1, -0.05) is 42.9 Å². The van der Waals surface area contributed by atoms with Gasteiger partial charge in [-0.2, -0.15) is 0 Å². The van der Waals surface area contributed by atoms with Crippen LogP contribution in [0.3, 0.4) is 0 Å². The van der Waals surface area contributed by atoms with E-state index in [2.05, 4.69) is 0 Å². The summed E-state index contributed by atoms with van der Waals surface area (Å²) in [5.41, 5.74) is 0. The van der Waals surface area contributed by atoms with Gasteiger partial charge in [0.2, 0.25) is 0 Å². The van der Waals surface area contributed by atoms with Crippen LogP contribution in [0.5, 0.6) is 0 Å². The number of rotatable bonds is 2. The Hall–Kier alpha value is 0.220. The molecule has 0 radical (unpaired) electrons. The maximum absolute atomic E-state index is 9.70. The number of hydrogen-bond donors (Lipinski definition) is 0. The van der Waals surface area contributed by atoms with E-state index in [1.54, 1.807) is 20.8 Å². The average Bonchev–Trinajstić information content (AvgIpc) is 1.89. The Bertz CT molecular complexity index is 134. The van der Waals surface area contributed by atoms with E-state index >= 15 is 0 Å². The molecule has 0 aromatic heterocycles. The standard InChI is InChI=1S/C3H8O2S.C2H6O2S/c1-3(2)6(4)5;1-2-5(3)4/h3H,1-2H3,(H,4,5);2H2,1H3,(H,3,4)/p-2. The molecular weight excluding hydrogens is 188 g/mol. The highest BCUT2D eigenvalue weighted by atomic mass is 32.2. The van der Waals surface area contributed by atoms with E-state index in [0.717, 1.165) is 0 Å². The minimum Gasteiger partial charge on any atom is -0.772 e. The van der Waals surface area contributed by atoms with Gasteiger partial charge in [-0.05, 0) is 0 Å². The van der Waals surface area contributed by atoms with E-state index in [1.165, 1.54) is 0 Å². The third-order valence-corrected chi connectivity index (χ3v) is 1.86. The molecule has 2 atom stereocenters. The van der Waals surface area contributed by atoms with Gasteiger partial charge in [0.1, 0.15) is 0 Å². The molecule has 70 valence electrons. The van der Waals surface area contributed by atoms with Gasteiger partial charge in [-0.3, -0.25) is 8.42 Å². The van der Waals surface area contributed by atoms with Crippen LogP contribution in [0.1, 0.15) is 20.8 Å². The van der Waals surface area contributed by atoms with Crippen molar-refractivity contribution in [3.05, 3.63) is 0 Å². The molecule has 0 aromatic rings. The van der Waals surface area contributed by atoms with E-state index in [-0.39, 0.29) is 11.0 Å². The smallest absolute Gasteiger partial charge is 0.0159 e. The molecular formula is C5H12O4S2-2. The normalized spacial score (nSPS) is 15.1. The van der Waals surface area contributed by atoms with Crippen molar-refractivity contribution in [2.45, 2.75) is 26.0 Å². The first-order valence-corrected chi connectivity index (χ1v) is 5.43. The van der Waals surface area contributed by atoms with Crippen LogP contribution >= 0.6 is 0 Å². The van der Waals surface area contributed by atoms with Gasteiger partial charge in [0.25, 0.3) is 0 Å². The van der Waals surface area contributed by atoms with Crippen molar-refractivity contribution in [3.63, 3.8) is 0 Å². The van der Waals surface area contributed by atoms with Crippen LogP contribution < -0.4 is 0 Å². The first-order chi connectivity index (χ1) is 4.91. The lowest BCUT2D eigenvalue weighted by Gasteiger charge is -2.05. The van der Waals surface area contributed by atoms with E-state index in [4.69, 9.17) is 0 Å². The van der Waals surface area contributed by atoms with Gasteiger partial charge in [-0.15, -0.1) is 0 Å². The van der Waals surface area contributed by atoms with Crippen LogP contribution in [-0.2, 0) is 22.2 Å². The molecule has 0 aromatic carbocycles. The minimum absolute atomic E-state index is 0.222. The van der Waals surface area contributed by atoms with Crippen LogP contribution in [0.2, 0.25) is 0 Å². The molecule has 11 heavy (non-hydrogen) atoms. The minimum atomic E-state index is -1.87. The molecule has 0 heterocycles. The summed E-state index contributed by atoms with van der Waals surface area (Å²) in [4.78, 5) is 0. The largest absolute Gasteiger partial charge is 0.772 e. The molecule has 0 fully saturated rings. The zero-order valence-corrected chi connectivity index (χ0v) is 8.37. The summed E-state index contributed by atoms with van der Waals surface area (Å²) < 4.78 is 38.1. The second-order valence-corrected chi connectivity index (χ2v) is 4.55. The second-order valence-electron chi connectivity index (χ2n) is 1.90. The predicted octanol–water partition coefficient (Wildman–Crippen LogP) is 0.159. The quantitative estimate of drug-likeness (QED) is 0.595. The van der Waals surface area contributed by atoms with Gasteiger partial charge in [0, 0.05) is 11.0 Å². The topological polar surface area (TPSA) is 80.3 Å². The molecule has 0 aliphatic heterocycles. The SMILES string of the molecule is CC(C)S(=O)[O-].CCS(=O)[O-]. The molecule has 2 unspecified atom stereocenters. The van der Waals surface area contributed by atoms with E-state index in [0.29, 0.717) is 0 Å². The Morgan fingerprint density at radius 1 is 1.27 bits per heavy atom. The third-order valence-electron chi connectivity index (χ3n) is 0.621. The Balaban J connectivity index is 0. The van der Waals surface area contributed by atoms with Crippen molar-refractivity contribution in [2.24, 2.45) is 0 Å². The van der Waals surface area contributed by atoms with Gasteiger partial charge in [0.15, 0.2) is 0 Å². The van der Waals surface area contributed by atoms with E-state index in [9.17, 15) is 17.5 Å². The van der Waals surface area contributed by atoms with Crippen LogP contribution in [-0.4, -0.2) is 28.5 Å². The summed E-state index contributed by atoms with van der Waals surface area (Å²) >= 11 is -3.69. The summed E-state index contributed by atoms with van der Waals surface area (Å²) in [7, 11) is 0. The first kappa shape index (κ1) is 13.8. The zero-order chi connectivity index (χ0) is 9.44. The third kappa shape index (κ3) is 17.8. The van der Waals surface area contributed by atoms with Gasteiger partial charge in [-0.25, -0.2) is 0 Å². The summed E-state index contributed by atoms with van der Waals surface area (Å²) in [5, 5.41) is -0.231. The van der Waals surface area contributed by atoms with Crippen molar-refractivity contribution in [1.82, 2.24) is 0 Å². The highest BCUT2D eigenvalue weighted by molar-refractivity contribution is 7.79. The first-order valence-electron chi connectivity index (χ1n) is 3.05. The molecule has 0 N–H and O–H groups in total. The molecule has 0 saturated carbocycles. The maximum atomic E-state index is 9.70. The monoisotopic (exact) mass is 200 g/mol. The Kier molecular flexibility index (Phi) is 10.4. The molecule has 0 amide bonds. The van der Waals surface area contributed by atoms with E-state index in [1.807, 2.05) is 0 Å². The lowest BCUT2D eigenvalue weighted by Crippen LogP contribution is -2.02. The molecule has 0 spiro atoms. The highest BCUT2D eigenvalue weighted by Gasteiger charge is 1.85. The molecule has 0 saturated heterocycles. The predicted molar refractivity (Wildman–Crippen MR) is 43.5 cm³/mol. The van der Waals surface area contributed by atoms with Gasteiger partial charge >= 0.3 is 0 Å². The van der Waals surface area contributed by atoms with Crippen LogP contribution in [0.25, 0.3) is 0 Å². The summed E-state index contributed by atoms with van der Waals surface area (Å²) in [5.74, 6) is 0.222. The van der Waals surface area contributed by atoms with Crippen molar-refractivity contribution in [2.75, 3.05) is 5.75 Å². The average molecular weight is 200 g/mol. The van der Waals surface area contributed by atoms with Crippen molar-refractivity contribution in [3.8, 4) is 0 Å². The molecule has 6 heteroatoms. The zero-order valence-electron chi connectivity index (χ0n) is 6.73. The lowest BCUT2D eigenvalue weighted by molar-refractivity contribution is 0.528. The van der Waals surface area contributed by atoms with E-state index < -0.39 is 22.2 Å². The van der Waals surface area contributed by atoms with Crippen molar-refractivity contribution < 1.29 is 17.5 Å². The summed E-state index contributed by atoms with van der Waals surface area (Å²) in [6, 6.07) is 0. The molecule has 4 nitrogen and oxygen atoms in total. The lowest BCUT2D eigenvalue weighted by atomic mass is 10.6. The van der Waals surface area contributed by atoms with Gasteiger partial charge < -0.3 is 9.11 Å². The van der Waals surface area contributed by atoms with Crippen molar-refractivity contribution in [1.29, 1.82) is 0 Å². The Morgan fingerprint density at radius 3 is 1.45 bits per heavy atom. The summed E-state index contributed by atoms with van der Waals surface area (Å²) in [6.07, 6.45) is 0. The number of hydrogen-bond acceptors (Lipinski definition) is 4. The van der Waals surface area contributed by atoms with Crippen LogP contribution in [0.15, 0.2) is 0 Å². The van der Waals surface area contributed by atoms with Crippen LogP contribution in [0.4, 0.5) is 0 Å². The Morgan fingerprint density at radius 2 is 1.45 bits per heavy atom. The van der Waals surface area contributed by atoms with Crippen molar-refractivity contribution >= 4 is 22.2 Å². The fourth-order valence-corrected chi connectivity index (χ4v) is 0. The van der Waals surface area contributed by atoms with Crippen LogP contribution in [0, 0.1) is 0 Å². The highest BCUT2D eigenvalue weighted by Crippen LogP contribution is 1.84. The van der Waals surface area contributed by atoms with Gasteiger partial charge in [0.05, 0.1) is 0 Å². The fraction of sp³-hybridized carbons (Fsp3) is 1.00.